The summed E-state index contributed by atoms with van der Waals surface area (Å²) in [4.78, 5) is 0. The lowest BCUT2D eigenvalue weighted by Crippen LogP contribution is -2.29. The molecule has 2 aliphatic rings. The molecule has 4 heteroatoms. The number of sulfone groups is 1. The Morgan fingerprint density at radius 3 is 2.06 bits per heavy atom. The quantitative estimate of drug-likeness (QED) is 0.724. The Kier molecular flexibility index (Phi) is 5.49. The van der Waals surface area contributed by atoms with Gasteiger partial charge in [-0.3, -0.25) is 0 Å². The molecular formula is C14H27NO2S. The van der Waals surface area contributed by atoms with Crippen molar-refractivity contribution in [1.29, 1.82) is 0 Å². The van der Waals surface area contributed by atoms with E-state index in [9.17, 15) is 8.42 Å². The third-order valence-corrected chi connectivity index (χ3v) is 6.27. The summed E-state index contributed by atoms with van der Waals surface area (Å²) < 4.78 is 23.9. The average molecular weight is 273 g/mol. The number of hydrogen-bond acceptors (Lipinski definition) is 3. The summed E-state index contributed by atoms with van der Waals surface area (Å²) >= 11 is 0. The maximum atomic E-state index is 11.9. The average Bonchev–Trinajstić information content (AvgIpc) is 2.96. The van der Waals surface area contributed by atoms with Gasteiger partial charge in [0, 0.05) is 6.54 Å². The highest BCUT2D eigenvalue weighted by Gasteiger charge is 2.22. The summed E-state index contributed by atoms with van der Waals surface area (Å²) in [6.07, 6.45) is 10.0. The van der Waals surface area contributed by atoms with Gasteiger partial charge in [0.15, 0.2) is 9.84 Å². The number of hydrogen-bond donors (Lipinski definition) is 1. The van der Waals surface area contributed by atoms with Crippen LogP contribution in [0, 0.1) is 11.8 Å². The highest BCUT2D eigenvalue weighted by molar-refractivity contribution is 7.91. The van der Waals surface area contributed by atoms with Gasteiger partial charge in [0.05, 0.1) is 11.5 Å². The van der Waals surface area contributed by atoms with Crippen molar-refractivity contribution in [2.45, 2.75) is 51.4 Å². The molecule has 0 atom stereocenters. The van der Waals surface area contributed by atoms with E-state index in [0.717, 1.165) is 25.3 Å². The molecule has 0 aromatic carbocycles. The molecule has 0 radical (unpaired) electrons. The van der Waals surface area contributed by atoms with Crippen LogP contribution in [-0.2, 0) is 9.84 Å². The molecule has 106 valence electrons. The minimum Gasteiger partial charge on any atom is -0.315 e. The van der Waals surface area contributed by atoms with Gasteiger partial charge < -0.3 is 5.32 Å². The van der Waals surface area contributed by atoms with E-state index in [1.165, 1.54) is 38.5 Å². The van der Waals surface area contributed by atoms with Crippen molar-refractivity contribution in [3.63, 3.8) is 0 Å². The second kappa shape index (κ2) is 6.90. The van der Waals surface area contributed by atoms with Gasteiger partial charge in [0.1, 0.15) is 0 Å². The van der Waals surface area contributed by atoms with Crippen LogP contribution in [0.5, 0.6) is 0 Å². The van der Waals surface area contributed by atoms with Gasteiger partial charge in [-0.15, -0.1) is 0 Å². The smallest absolute Gasteiger partial charge is 0.151 e. The van der Waals surface area contributed by atoms with Gasteiger partial charge in [-0.2, -0.15) is 0 Å². The lowest BCUT2D eigenvalue weighted by molar-refractivity contribution is 0.496. The lowest BCUT2D eigenvalue weighted by Gasteiger charge is -2.12. The molecular weight excluding hydrogens is 246 g/mol. The minimum atomic E-state index is -2.82. The molecule has 0 amide bonds. The molecule has 0 bridgehead atoms. The van der Waals surface area contributed by atoms with Crippen LogP contribution in [0.4, 0.5) is 0 Å². The second-order valence-electron chi connectivity index (χ2n) is 6.12. The zero-order valence-corrected chi connectivity index (χ0v) is 12.2. The molecule has 0 saturated heterocycles. The molecule has 0 unspecified atom stereocenters. The fourth-order valence-corrected chi connectivity index (χ4v) is 5.04. The normalized spacial score (nSPS) is 22.9. The molecule has 0 heterocycles. The topological polar surface area (TPSA) is 46.2 Å². The Morgan fingerprint density at radius 2 is 1.44 bits per heavy atom. The van der Waals surface area contributed by atoms with Gasteiger partial charge in [-0.05, 0) is 44.1 Å². The Labute approximate surface area is 112 Å². The van der Waals surface area contributed by atoms with E-state index in [1.54, 1.807) is 0 Å². The SMILES string of the molecule is O=S(=O)(CCNCC1CCCC1)CC1CCCC1. The van der Waals surface area contributed by atoms with Crippen LogP contribution in [-0.4, -0.2) is 33.0 Å². The first-order valence-electron chi connectivity index (χ1n) is 7.57. The molecule has 0 aliphatic heterocycles. The van der Waals surface area contributed by atoms with Crippen molar-refractivity contribution >= 4 is 9.84 Å². The fraction of sp³-hybridized carbons (Fsp3) is 1.00. The molecule has 0 aromatic rings. The molecule has 2 rings (SSSR count). The Bertz CT molecular complexity index is 328. The van der Waals surface area contributed by atoms with E-state index in [0.29, 0.717) is 24.0 Å². The summed E-state index contributed by atoms with van der Waals surface area (Å²) in [5.41, 5.74) is 0. The third kappa shape index (κ3) is 4.88. The molecule has 2 fully saturated rings. The molecule has 3 nitrogen and oxygen atoms in total. The van der Waals surface area contributed by atoms with Gasteiger partial charge in [0.25, 0.3) is 0 Å². The molecule has 1 N–H and O–H groups in total. The van der Waals surface area contributed by atoms with Gasteiger partial charge >= 0.3 is 0 Å². The van der Waals surface area contributed by atoms with Crippen LogP contribution < -0.4 is 5.32 Å². The van der Waals surface area contributed by atoms with Crippen LogP contribution in [0.15, 0.2) is 0 Å². The Balaban J connectivity index is 1.59. The van der Waals surface area contributed by atoms with Crippen LogP contribution in [0.3, 0.4) is 0 Å². The largest absolute Gasteiger partial charge is 0.315 e. The lowest BCUT2D eigenvalue weighted by atomic mass is 10.1. The molecule has 2 aliphatic carbocycles. The van der Waals surface area contributed by atoms with Crippen molar-refractivity contribution in [3.8, 4) is 0 Å². The van der Waals surface area contributed by atoms with E-state index in [1.807, 2.05) is 0 Å². The van der Waals surface area contributed by atoms with Crippen molar-refractivity contribution in [2.24, 2.45) is 11.8 Å². The Morgan fingerprint density at radius 1 is 0.889 bits per heavy atom. The summed E-state index contributed by atoms with van der Waals surface area (Å²) in [7, 11) is -2.82. The van der Waals surface area contributed by atoms with Gasteiger partial charge in [0.2, 0.25) is 0 Å². The van der Waals surface area contributed by atoms with Gasteiger partial charge in [-0.25, -0.2) is 8.42 Å². The zero-order chi connectivity index (χ0) is 12.8. The highest BCUT2D eigenvalue weighted by Crippen LogP contribution is 2.26. The summed E-state index contributed by atoms with van der Waals surface area (Å²) in [6, 6.07) is 0. The van der Waals surface area contributed by atoms with E-state index in [2.05, 4.69) is 5.32 Å². The third-order valence-electron chi connectivity index (χ3n) is 4.46. The van der Waals surface area contributed by atoms with Crippen LogP contribution in [0.1, 0.15) is 51.4 Å². The maximum absolute atomic E-state index is 11.9. The first-order valence-corrected chi connectivity index (χ1v) is 9.39. The van der Waals surface area contributed by atoms with Crippen LogP contribution >= 0.6 is 0 Å². The van der Waals surface area contributed by atoms with E-state index in [4.69, 9.17) is 0 Å². The zero-order valence-electron chi connectivity index (χ0n) is 11.4. The van der Waals surface area contributed by atoms with E-state index in [-0.39, 0.29) is 0 Å². The highest BCUT2D eigenvalue weighted by atomic mass is 32.2. The number of nitrogens with one attached hydrogen (secondary N) is 1. The maximum Gasteiger partial charge on any atom is 0.151 e. The van der Waals surface area contributed by atoms with Crippen molar-refractivity contribution in [1.82, 2.24) is 5.32 Å². The van der Waals surface area contributed by atoms with E-state index < -0.39 is 9.84 Å². The summed E-state index contributed by atoms with van der Waals surface area (Å²) in [5, 5.41) is 3.33. The summed E-state index contributed by atoms with van der Waals surface area (Å²) in [5.74, 6) is 2.00. The Hall–Kier alpha value is -0.0900. The van der Waals surface area contributed by atoms with Crippen molar-refractivity contribution < 1.29 is 8.42 Å². The van der Waals surface area contributed by atoms with Crippen molar-refractivity contribution in [3.05, 3.63) is 0 Å². The first-order chi connectivity index (χ1) is 8.66. The predicted octanol–water partition coefficient (Wildman–Crippen LogP) is 2.37. The van der Waals surface area contributed by atoms with Gasteiger partial charge in [-0.1, -0.05) is 25.7 Å². The standard InChI is InChI=1S/C14H27NO2S/c16-18(17,12-14-7-3-4-8-14)10-9-15-11-13-5-1-2-6-13/h13-15H,1-12H2. The molecule has 0 spiro atoms. The monoisotopic (exact) mass is 273 g/mol. The molecule has 18 heavy (non-hydrogen) atoms. The number of rotatable bonds is 7. The minimum absolute atomic E-state index is 0.330. The first kappa shape index (κ1) is 14.3. The fourth-order valence-electron chi connectivity index (χ4n) is 3.37. The molecule has 2 saturated carbocycles. The van der Waals surface area contributed by atoms with E-state index >= 15 is 0 Å². The van der Waals surface area contributed by atoms with Crippen LogP contribution in [0.25, 0.3) is 0 Å². The second-order valence-corrected chi connectivity index (χ2v) is 8.35. The van der Waals surface area contributed by atoms with Crippen LogP contribution in [0.2, 0.25) is 0 Å². The van der Waals surface area contributed by atoms with Crippen molar-refractivity contribution in [2.75, 3.05) is 24.6 Å². The predicted molar refractivity (Wildman–Crippen MR) is 75.4 cm³/mol. The molecule has 0 aromatic heterocycles. The summed E-state index contributed by atoms with van der Waals surface area (Å²) in [6.45, 7) is 1.66.